The molecule has 0 saturated heterocycles. The molecule has 128 valence electrons. The second kappa shape index (κ2) is 7.71. The molecule has 0 radical (unpaired) electrons. The summed E-state index contributed by atoms with van der Waals surface area (Å²) in [5.74, 6) is -0.837. The Morgan fingerprint density at radius 3 is 2.56 bits per heavy atom. The first-order valence-corrected chi connectivity index (χ1v) is 8.51. The monoisotopic (exact) mass is 422 g/mol. The number of benzene rings is 2. The van der Waals surface area contributed by atoms with Crippen LogP contribution in [0.1, 0.15) is 5.56 Å². The van der Waals surface area contributed by atoms with Gasteiger partial charge in [0.25, 0.3) is 0 Å². The minimum atomic E-state index is -0.718. The average Bonchev–Trinajstić information content (AvgIpc) is 2.99. The van der Waals surface area contributed by atoms with Gasteiger partial charge in [-0.15, -0.1) is 0 Å². The average molecular weight is 423 g/mol. The van der Waals surface area contributed by atoms with E-state index >= 15 is 0 Å². The highest BCUT2D eigenvalue weighted by molar-refractivity contribution is 9.10. The van der Waals surface area contributed by atoms with Gasteiger partial charge in [0.1, 0.15) is 11.6 Å². The minimum Gasteiger partial charge on any atom is -0.330 e. The normalized spacial score (nSPS) is 10.5. The van der Waals surface area contributed by atoms with Crippen LogP contribution < -0.4 is 10.6 Å². The summed E-state index contributed by atoms with van der Waals surface area (Å²) in [5.41, 5.74) is 1.19. The van der Waals surface area contributed by atoms with E-state index in [1.807, 2.05) is 30.5 Å². The molecule has 0 aliphatic heterocycles. The summed E-state index contributed by atoms with van der Waals surface area (Å²) in [6.07, 6.45) is 1.81. The van der Waals surface area contributed by atoms with Gasteiger partial charge in [-0.2, -0.15) is 5.10 Å². The quantitative estimate of drug-likeness (QED) is 0.593. The number of hydrogen-bond acceptors (Lipinski definition) is 2. The number of thiocarbonyl (C=S) groups is 1. The van der Waals surface area contributed by atoms with Gasteiger partial charge >= 0.3 is 0 Å². The van der Waals surface area contributed by atoms with E-state index in [0.717, 1.165) is 22.2 Å². The van der Waals surface area contributed by atoms with Crippen LogP contribution in [0.25, 0.3) is 0 Å². The van der Waals surface area contributed by atoms with Crippen molar-refractivity contribution in [3.05, 3.63) is 76.4 Å². The van der Waals surface area contributed by atoms with Crippen LogP contribution in [0.15, 0.2) is 59.2 Å². The van der Waals surface area contributed by atoms with Crippen molar-refractivity contribution in [1.29, 1.82) is 0 Å². The molecular weight excluding hydrogens is 410 g/mol. The standard InChI is InChI=1S/C17H13BrF2N4S/c18-12-3-1-11(2-4-12)10-24-8-7-16(23-24)22-17(25)21-15-6-5-13(19)9-14(15)20/h1-9H,10H2,(H2,21,22,23,25). The third-order valence-corrected chi connectivity index (χ3v) is 4.05. The lowest BCUT2D eigenvalue weighted by Crippen LogP contribution is -2.20. The molecule has 0 unspecified atom stereocenters. The van der Waals surface area contributed by atoms with Gasteiger partial charge in [0.2, 0.25) is 0 Å². The SMILES string of the molecule is Fc1ccc(NC(=S)Nc2ccn(Cc3ccc(Br)cc3)n2)c(F)c1. The van der Waals surface area contributed by atoms with Crippen LogP contribution >= 0.6 is 28.1 Å². The molecule has 0 saturated carbocycles. The van der Waals surface area contributed by atoms with Gasteiger partial charge in [0.05, 0.1) is 12.2 Å². The van der Waals surface area contributed by atoms with E-state index in [4.69, 9.17) is 12.2 Å². The zero-order chi connectivity index (χ0) is 17.8. The van der Waals surface area contributed by atoms with Crippen LogP contribution in [0.3, 0.4) is 0 Å². The summed E-state index contributed by atoms with van der Waals surface area (Å²) in [7, 11) is 0. The largest absolute Gasteiger partial charge is 0.330 e. The van der Waals surface area contributed by atoms with Gasteiger partial charge in [-0.1, -0.05) is 28.1 Å². The summed E-state index contributed by atoms with van der Waals surface area (Å²) in [4.78, 5) is 0. The molecule has 0 bridgehead atoms. The maximum atomic E-state index is 13.6. The Labute approximate surface area is 157 Å². The number of halogens is 3. The highest BCUT2D eigenvalue weighted by Crippen LogP contribution is 2.16. The van der Waals surface area contributed by atoms with Crippen molar-refractivity contribution in [2.45, 2.75) is 6.54 Å². The smallest absolute Gasteiger partial charge is 0.176 e. The van der Waals surface area contributed by atoms with Crippen molar-refractivity contribution in [2.24, 2.45) is 0 Å². The lowest BCUT2D eigenvalue weighted by atomic mass is 10.2. The summed E-state index contributed by atoms with van der Waals surface area (Å²) in [6.45, 7) is 0.613. The third kappa shape index (κ3) is 4.83. The summed E-state index contributed by atoms with van der Waals surface area (Å²) in [6, 6.07) is 12.9. The zero-order valence-corrected chi connectivity index (χ0v) is 15.2. The molecule has 0 aliphatic carbocycles. The van der Waals surface area contributed by atoms with Gasteiger partial charge in [-0.3, -0.25) is 4.68 Å². The van der Waals surface area contributed by atoms with Crippen molar-refractivity contribution in [1.82, 2.24) is 9.78 Å². The minimum absolute atomic E-state index is 0.0909. The Kier molecular flexibility index (Phi) is 5.40. The zero-order valence-electron chi connectivity index (χ0n) is 12.8. The Morgan fingerprint density at radius 2 is 1.84 bits per heavy atom. The van der Waals surface area contributed by atoms with Crippen molar-refractivity contribution in [2.75, 3.05) is 10.6 Å². The van der Waals surface area contributed by atoms with Crippen LogP contribution in [0.5, 0.6) is 0 Å². The van der Waals surface area contributed by atoms with Gasteiger partial charge in [-0.05, 0) is 42.0 Å². The Hall–Kier alpha value is -2.32. The van der Waals surface area contributed by atoms with Crippen LogP contribution in [0, 0.1) is 11.6 Å². The molecular formula is C17H13BrF2N4S. The first-order valence-electron chi connectivity index (χ1n) is 7.30. The number of anilines is 2. The van der Waals surface area contributed by atoms with Gasteiger partial charge < -0.3 is 10.6 Å². The molecule has 4 nitrogen and oxygen atoms in total. The van der Waals surface area contributed by atoms with Crippen LogP contribution in [0.4, 0.5) is 20.3 Å². The van der Waals surface area contributed by atoms with E-state index in [1.165, 1.54) is 6.07 Å². The van der Waals surface area contributed by atoms with Gasteiger partial charge in [0.15, 0.2) is 10.9 Å². The molecule has 0 amide bonds. The lowest BCUT2D eigenvalue weighted by molar-refractivity contribution is 0.586. The van der Waals surface area contributed by atoms with E-state index in [0.29, 0.717) is 12.4 Å². The molecule has 3 rings (SSSR count). The first kappa shape index (κ1) is 17.5. The maximum absolute atomic E-state index is 13.6. The fourth-order valence-corrected chi connectivity index (χ4v) is 2.63. The van der Waals surface area contributed by atoms with E-state index in [9.17, 15) is 8.78 Å². The van der Waals surface area contributed by atoms with Crippen LogP contribution in [-0.4, -0.2) is 14.9 Å². The van der Waals surface area contributed by atoms with Crippen LogP contribution in [0.2, 0.25) is 0 Å². The molecule has 0 atom stereocenters. The Balaban J connectivity index is 1.60. The first-order chi connectivity index (χ1) is 12.0. The van der Waals surface area contributed by atoms with Crippen molar-refractivity contribution < 1.29 is 8.78 Å². The number of nitrogens with one attached hydrogen (secondary N) is 2. The lowest BCUT2D eigenvalue weighted by Gasteiger charge is -2.09. The fourth-order valence-electron chi connectivity index (χ4n) is 2.15. The van der Waals surface area contributed by atoms with E-state index in [1.54, 1.807) is 10.7 Å². The topological polar surface area (TPSA) is 41.9 Å². The van der Waals surface area contributed by atoms with E-state index in [-0.39, 0.29) is 10.8 Å². The number of aromatic nitrogens is 2. The summed E-state index contributed by atoms with van der Waals surface area (Å²) < 4.78 is 29.3. The molecule has 8 heteroatoms. The highest BCUT2D eigenvalue weighted by atomic mass is 79.9. The maximum Gasteiger partial charge on any atom is 0.176 e. The molecule has 0 spiro atoms. The highest BCUT2D eigenvalue weighted by Gasteiger charge is 2.07. The predicted octanol–water partition coefficient (Wildman–Crippen LogP) is 4.78. The third-order valence-electron chi connectivity index (χ3n) is 3.32. The van der Waals surface area contributed by atoms with Crippen molar-refractivity contribution >= 4 is 44.8 Å². The molecule has 25 heavy (non-hydrogen) atoms. The van der Waals surface area contributed by atoms with Crippen LogP contribution in [-0.2, 0) is 6.54 Å². The molecule has 1 aromatic heterocycles. The van der Waals surface area contributed by atoms with E-state index < -0.39 is 11.6 Å². The van der Waals surface area contributed by atoms with Gasteiger partial charge in [0, 0.05) is 22.8 Å². The molecule has 2 N–H and O–H groups in total. The fraction of sp³-hybridized carbons (Fsp3) is 0.0588. The second-order valence-corrected chi connectivity index (χ2v) is 6.55. The number of nitrogens with zero attached hydrogens (tertiary/aromatic N) is 2. The predicted molar refractivity (Wildman–Crippen MR) is 102 cm³/mol. The summed E-state index contributed by atoms with van der Waals surface area (Å²) >= 11 is 8.52. The molecule has 2 aromatic carbocycles. The molecule has 3 aromatic rings. The second-order valence-electron chi connectivity index (χ2n) is 5.23. The Morgan fingerprint density at radius 1 is 1.08 bits per heavy atom. The Bertz CT molecular complexity index is 896. The molecule has 0 aliphatic rings. The number of hydrogen-bond donors (Lipinski definition) is 2. The molecule has 1 heterocycles. The number of rotatable bonds is 4. The molecule has 0 fully saturated rings. The summed E-state index contributed by atoms with van der Waals surface area (Å²) in [5, 5.41) is 10.1. The van der Waals surface area contributed by atoms with Gasteiger partial charge in [-0.25, -0.2) is 8.78 Å². The van der Waals surface area contributed by atoms with Crippen molar-refractivity contribution in [3.63, 3.8) is 0 Å². The van der Waals surface area contributed by atoms with Crippen molar-refractivity contribution in [3.8, 4) is 0 Å². The van der Waals surface area contributed by atoms with E-state index in [2.05, 4.69) is 31.7 Å².